The number of imidazole rings is 1. The van der Waals surface area contributed by atoms with Crippen LogP contribution in [0.25, 0.3) is 10.9 Å². The number of rotatable bonds is 3. The maximum absolute atomic E-state index is 13.7. The molecule has 1 aromatic carbocycles. The van der Waals surface area contributed by atoms with E-state index in [1.165, 1.54) is 43.7 Å². The summed E-state index contributed by atoms with van der Waals surface area (Å²) in [7, 11) is 0. The van der Waals surface area contributed by atoms with Gasteiger partial charge in [-0.2, -0.15) is 0 Å². The van der Waals surface area contributed by atoms with E-state index in [0.29, 0.717) is 5.92 Å². The Morgan fingerprint density at radius 2 is 2.09 bits per heavy atom. The first-order chi connectivity index (χ1) is 10.8. The molecule has 22 heavy (non-hydrogen) atoms. The van der Waals surface area contributed by atoms with E-state index in [2.05, 4.69) is 14.5 Å². The van der Waals surface area contributed by atoms with Crippen LogP contribution in [0, 0.1) is 11.7 Å². The summed E-state index contributed by atoms with van der Waals surface area (Å²) >= 11 is 0. The van der Waals surface area contributed by atoms with Crippen molar-refractivity contribution >= 4 is 10.9 Å². The molecule has 1 aliphatic carbocycles. The minimum Gasteiger partial charge on any atom is -0.361 e. The van der Waals surface area contributed by atoms with E-state index in [9.17, 15) is 4.39 Å². The largest absolute Gasteiger partial charge is 0.361 e. The van der Waals surface area contributed by atoms with Crippen LogP contribution in [-0.2, 0) is 0 Å². The van der Waals surface area contributed by atoms with E-state index in [0.717, 1.165) is 10.9 Å². The van der Waals surface area contributed by atoms with Gasteiger partial charge < -0.3 is 9.55 Å². The van der Waals surface area contributed by atoms with Gasteiger partial charge in [0.05, 0.1) is 12.4 Å². The summed E-state index contributed by atoms with van der Waals surface area (Å²) in [4.78, 5) is 7.52. The standard InChI is InChI=1S/C18H20FN3/c19-14-6-7-17-15(10-14)16(11-21-17)18(22-9-8-20-12-22)13-4-2-1-3-5-13/h6-13,18,21H,1-5H2. The lowest BCUT2D eigenvalue weighted by Gasteiger charge is -2.31. The fourth-order valence-electron chi connectivity index (χ4n) is 3.90. The fourth-order valence-corrected chi connectivity index (χ4v) is 3.90. The Hall–Kier alpha value is -2.10. The molecule has 0 radical (unpaired) electrons. The van der Waals surface area contributed by atoms with Crippen LogP contribution < -0.4 is 0 Å². The molecule has 114 valence electrons. The van der Waals surface area contributed by atoms with Crippen LogP contribution in [0.5, 0.6) is 0 Å². The summed E-state index contributed by atoms with van der Waals surface area (Å²) in [6.07, 6.45) is 14.1. The fraction of sp³-hybridized carbons (Fsp3) is 0.389. The minimum atomic E-state index is -0.179. The molecule has 3 nitrogen and oxygen atoms in total. The Kier molecular flexibility index (Phi) is 3.45. The van der Waals surface area contributed by atoms with Crippen molar-refractivity contribution in [2.24, 2.45) is 5.92 Å². The Labute approximate surface area is 129 Å². The number of hydrogen-bond acceptors (Lipinski definition) is 1. The summed E-state index contributed by atoms with van der Waals surface area (Å²) in [5, 5.41) is 0.990. The number of nitrogens with zero attached hydrogens (tertiary/aromatic N) is 2. The molecule has 3 aromatic rings. The average Bonchev–Trinajstić information content (AvgIpc) is 3.20. The van der Waals surface area contributed by atoms with E-state index in [4.69, 9.17) is 0 Å². The summed E-state index contributed by atoms with van der Waals surface area (Å²) < 4.78 is 15.9. The molecular formula is C18H20FN3. The predicted molar refractivity (Wildman–Crippen MR) is 85.2 cm³/mol. The molecule has 1 unspecified atom stereocenters. The van der Waals surface area contributed by atoms with E-state index >= 15 is 0 Å². The van der Waals surface area contributed by atoms with Crippen molar-refractivity contribution in [2.45, 2.75) is 38.1 Å². The number of aromatic amines is 1. The van der Waals surface area contributed by atoms with Crippen molar-refractivity contribution in [3.05, 3.63) is 54.5 Å². The molecule has 0 spiro atoms. The van der Waals surface area contributed by atoms with Gasteiger partial charge in [0.2, 0.25) is 0 Å². The van der Waals surface area contributed by atoms with Gasteiger partial charge in [-0.15, -0.1) is 0 Å². The molecule has 2 aromatic heterocycles. The molecule has 2 heterocycles. The van der Waals surface area contributed by atoms with Crippen molar-refractivity contribution in [3.63, 3.8) is 0 Å². The van der Waals surface area contributed by atoms with Gasteiger partial charge in [0.1, 0.15) is 5.82 Å². The SMILES string of the molecule is Fc1ccc2[nH]cc(C(C3CCCCC3)n3ccnc3)c2c1. The van der Waals surface area contributed by atoms with Gasteiger partial charge in [0.15, 0.2) is 0 Å². The van der Waals surface area contributed by atoms with Gasteiger partial charge in [0, 0.05) is 35.1 Å². The molecule has 1 saturated carbocycles. The quantitative estimate of drug-likeness (QED) is 0.748. The number of fused-ring (bicyclic) bond motifs is 1. The predicted octanol–water partition coefficient (Wildman–Crippen LogP) is 4.67. The summed E-state index contributed by atoms with van der Waals surface area (Å²) in [5.41, 5.74) is 2.18. The first-order valence-electron chi connectivity index (χ1n) is 8.07. The van der Waals surface area contributed by atoms with Crippen molar-refractivity contribution in [2.75, 3.05) is 0 Å². The number of benzene rings is 1. The maximum atomic E-state index is 13.7. The monoisotopic (exact) mass is 297 g/mol. The molecule has 1 fully saturated rings. The molecule has 0 aliphatic heterocycles. The van der Waals surface area contributed by atoms with Gasteiger partial charge >= 0.3 is 0 Å². The van der Waals surface area contributed by atoms with Crippen LogP contribution in [0.2, 0.25) is 0 Å². The van der Waals surface area contributed by atoms with Gasteiger partial charge in [-0.05, 0) is 37.0 Å². The molecule has 0 amide bonds. The minimum absolute atomic E-state index is 0.179. The van der Waals surface area contributed by atoms with Crippen molar-refractivity contribution in [3.8, 4) is 0 Å². The highest BCUT2D eigenvalue weighted by molar-refractivity contribution is 5.83. The maximum Gasteiger partial charge on any atom is 0.123 e. The Bertz CT molecular complexity index is 754. The summed E-state index contributed by atoms with van der Waals surface area (Å²) in [5.74, 6) is 0.409. The van der Waals surface area contributed by atoms with Crippen molar-refractivity contribution in [1.29, 1.82) is 0 Å². The van der Waals surface area contributed by atoms with Gasteiger partial charge in [-0.3, -0.25) is 0 Å². The zero-order chi connectivity index (χ0) is 14.9. The number of nitrogens with one attached hydrogen (secondary N) is 1. The third-order valence-electron chi connectivity index (χ3n) is 4.94. The van der Waals surface area contributed by atoms with Crippen LogP contribution in [0.3, 0.4) is 0 Å². The highest BCUT2D eigenvalue weighted by atomic mass is 19.1. The number of halogens is 1. The molecule has 0 bridgehead atoms. The summed E-state index contributed by atoms with van der Waals surface area (Å²) in [6.45, 7) is 0. The zero-order valence-corrected chi connectivity index (χ0v) is 12.5. The highest BCUT2D eigenvalue weighted by Crippen LogP contribution is 2.39. The topological polar surface area (TPSA) is 33.6 Å². The molecular weight excluding hydrogens is 277 g/mol. The third-order valence-corrected chi connectivity index (χ3v) is 4.94. The molecule has 4 heteroatoms. The second-order valence-electron chi connectivity index (χ2n) is 6.29. The Morgan fingerprint density at radius 3 is 2.86 bits per heavy atom. The van der Waals surface area contributed by atoms with E-state index in [1.54, 1.807) is 6.07 Å². The Balaban J connectivity index is 1.83. The lowest BCUT2D eigenvalue weighted by molar-refractivity contribution is 0.280. The number of hydrogen-bond donors (Lipinski definition) is 1. The molecule has 1 N–H and O–H groups in total. The van der Waals surface area contributed by atoms with Gasteiger partial charge in [-0.25, -0.2) is 9.37 Å². The number of H-pyrrole nitrogens is 1. The van der Waals surface area contributed by atoms with Crippen molar-refractivity contribution < 1.29 is 4.39 Å². The second-order valence-corrected chi connectivity index (χ2v) is 6.29. The van der Waals surface area contributed by atoms with Crippen LogP contribution in [0.1, 0.15) is 43.7 Å². The van der Waals surface area contributed by atoms with Crippen LogP contribution >= 0.6 is 0 Å². The normalized spacial score (nSPS) is 17.9. The van der Waals surface area contributed by atoms with Gasteiger partial charge in [-0.1, -0.05) is 19.3 Å². The van der Waals surface area contributed by atoms with Crippen LogP contribution in [-0.4, -0.2) is 14.5 Å². The lowest BCUT2D eigenvalue weighted by Crippen LogP contribution is -2.22. The van der Waals surface area contributed by atoms with Crippen LogP contribution in [0.15, 0.2) is 43.1 Å². The highest BCUT2D eigenvalue weighted by Gasteiger charge is 2.28. The van der Waals surface area contributed by atoms with E-state index in [-0.39, 0.29) is 11.9 Å². The first-order valence-corrected chi connectivity index (χ1v) is 8.07. The van der Waals surface area contributed by atoms with E-state index < -0.39 is 0 Å². The average molecular weight is 297 g/mol. The number of aromatic nitrogens is 3. The zero-order valence-electron chi connectivity index (χ0n) is 12.5. The van der Waals surface area contributed by atoms with Crippen molar-refractivity contribution in [1.82, 2.24) is 14.5 Å². The molecule has 0 saturated heterocycles. The summed E-state index contributed by atoms with van der Waals surface area (Å²) in [6, 6.07) is 5.21. The first kappa shape index (κ1) is 13.6. The van der Waals surface area contributed by atoms with E-state index in [1.807, 2.05) is 31.0 Å². The Morgan fingerprint density at radius 1 is 1.23 bits per heavy atom. The molecule has 1 atom stereocenters. The molecule has 1 aliphatic rings. The molecule has 4 rings (SSSR count). The lowest BCUT2D eigenvalue weighted by atomic mass is 9.81. The second kappa shape index (κ2) is 5.59. The third kappa shape index (κ3) is 2.32. The van der Waals surface area contributed by atoms with Gasteiger partial charge in [0.25, 0.3) is 0 Å². The smallest absolute Gasteiger partial charge is 0.123 e. The van der Waals surface area contributed by atoms with Crippen LogP contribution in [0.4, 0.5) is 4.39 Å².